The lowest BCUT2D eigenvalue weighted by molar-refractivity contribution is 0.0475. The molecule has 170 valence electrons. The lowest BCUT2D eigenvalue weighted by atomic mass is 10.1. The summed E-state index contributed by atoms with van der Waals surface area (Å²) in [6, 6.07) is 23.3. The van der Waals surface area contributed by atoms with Crippen LogP contribution >= 0.6 is 11.3 Å². The van der Waals surface area contributed by atoms with Crippen LogP contribution in [0.25, 0.3) is 32.5 Å². The number of esters is 1. The van der Waals surface area contributed by atoms with E-state index in [1.807, 2.05) is 66.7 Å². The zero-order valence-corrected chi connectivity index (χ0v) is 19.4. The number of pyridine rings is 2. The van der Waals surface area contributed by atoms with Crippen LogP contribution in [-0.2, 0) is 17.9 Å². The number of carbonyl (C=O) groups excluding carboxylic acids is 1. The van der Waals surface area contributed by atoms with Crippen molar-refractivity contribution in [2.45, 2.75) is 13.2 Å². The zero-order chi connectivity index (χ0) is 23.6. The maximum atomic E-state index is 13.3. The fourth-order valence-corrected chi connectivity index (χ4v) is 4.82. The lowest BCUT2D eigenvalue weighted by Crippen LogP contribution is -2.08. The second-order valence-electron chi connectivity index (χ2n) is 7.97. The van der Waals surface area contributed by atoms with Gasteiger partial charge in [0.25, 0.3) is 0 Å². The second kappa shape index (κ2) is 9.08. The number of carbonyl (C=O) groups is 1. The maximum Gasteiger partial charge on any atom is 0.339 e. The topological polar surface area (TPSA) is 82.8 Å². The molecule has 35 heavy (non-hydrogen) atoms. The molecule has 0 fully saturated rings. The quantitative estimate of drug-likeness (QED) is 0.294. The minimum atomic E-state index is -0.433. The van der Waals surface area contributed by atoms with E-state index in [0.29, 0.717) is 28.8 Å². The summed E-state index contributed by atoms with van der Waals surface area (Å²) in [5.74, 6) is -0.433. The van der Waals surface area contributed by atoms with Gasteiger partial charge >= 0.3 is 5.97 Å². The van der Waals surface area contributed by atoms with E-state index >= 15 is 0 Å². The number of rotatable bonds is 6. The van der Waals surface area contributed by atoms with Crippen molar-refractivity contribution in [3.63, 3.8) is 0 Å². The summed E-state index contributed by atoms with van der Waals surface area (Å²) in [4.78, 5) is 26.8. The third-order valence-corrected chi connectivity index (χ3v) is 6.66. The molecule has 0 saturated carbocycles. The van der Waals surface area contributed by atoms with Crippen LogP contribution in [0.4, 0.5) is 0 Å². The van der Waals surface area contributed by atoms with E-state index in [1.165, 1.54) is 11.3 Å². The molecular weight excluding hydrogens is 458 g/mol. The molecule has 8 heteroatoms. The minimum absolute atomic E-state index is 0.105. The van der Waals surface area contributed by atoms with Crippen molar-refractivity contribution >= 4 is 38.6 Å². The van der Waals surface area contributed by atoms with E-state index in [-0.39, 0.29) is 6.61 Å². The molecule has 0 aliphatic carbocycles. The van der Waals surface area contributed by atoms with E-state index in [0.717, 1.165) is 26.4 Å². The smallest absolute Gasteiger partial charge is 0.339 e. The van der Waals surface area contributed by atoms with Crippen molar-refractivity contribution in [3.05, 3.63) is 108 Å². The minimum Gasteiger partial charge on any atom is -0.455 e. The van der Waals surface area contributed by atoms with Crippen molar-refractivity contribution in [1.29, 1.82) is 0 Å². The van der Waals surface area contributed by atoms with Gasteiger partial charge in [-0.1, -0.05) is 42.5 Å². The van der Waals surface area contributed by atoms with E-state index in [1.54, 1.807) is 29.3 Å². The van der Waals surface area contributed by atoms with Crippen LogP contribution in [0.2, 0.25) is 0 Å². The first-order valence-electron chi connectivity index (χ1n) is 11.1. The van der Waals surface area contributed by atoms with Crippen molar-refractivity contribution in [1.82, 2.24) is 24.7 Å². The number of thiazole rings is 1. The molecule has 0 amide bonds. The van der Waals surface area contributed by atoms with E-state index in [9.17, 15) is 4.79 Å². The SMILES string of the molecule is O=C(OCc1nc2ccccc2s1)c1cc(-c2ccccc2)nc2c1cnn2Cc1ccncc1. The molecule has 2 aromatic carbocycles. The first-order chi connectivity index (χ1) is 17.2. The average Bonchev–Trinajstić information content (AvgIpc) is 3.51. The molecule has 0 unspecified atom stereocenters. The van der Waals surface area contributed by atoms with Crippen molar-refractivity contribution in [2.24, 2.45) is 0 Å². The predicted molar refractivity (Wildman–Crippen MR) is 135 cm³/mol. The zero-order valence-electron chi connectivity index (χ0n) is 18.5. The monoisotopic (exact) mass is 477 g/mol. The van der Waals surface area contributed by atoms with Crippen LogP contribution in [-0.4, -0.2) is 30.7 Å². The highest BCUT2D eigenvalue weighted by Gasteiger charge is 2.19. The van der Waals surface area contributed by atoms with Crippen LogP contribution in [0.3, 0.4) is 0 Å². The summed E-state index contributed by atoms with van der Waals surface area (Å²) < 4.78 is 8.56. The molecule has 0 bridgehead atoms. The average molecular weight is 478 g/mol. The first-order valence-corrected chi connectivity index (χ1v) is 11.9. The molecule has 7 nitrogen and oxygen atoms in total. The third-order valence-electron chi connectivity index (χ3n) is 5.65. The summed E-state index contributed by atoms with van der Waals surface area (Å²) in [5, 5.41) is 5.93. The van der Waals surface area contributed by atoms with Crippen LogP contribution < -0.4 is 0 Å². The van der Waals surface area contributed by atoms with Gasteiger partial charge in [-0.2, -0.15) is 5.10 Å². The Labute approximate surface area is 204 Å². The van der Waals surface area contributed by atoms with E-state index in [4.69, 9.17) is 9.72 Å². The Bertz CT molecular complexity index is 1610. The molecule has 6 rings (SSSR count). The lowest BCUT2D eigenvalue weighted by Gasteiger charge is -2.09. The number of para-hydroxylation sites is 1. The second-order valence-corrected chi connectivity index (χ2v) is 9.08. The Balaban J connectivity index is 1.37. The molecule has 0 aliphatic rings. The fraction of sp³-hybridized carbons (Fsp3) is 0.0741. The highest BCUT2D eigenvalue weighted by atomic mass is 32.1. The number of aromatic nitrogens is 5. The fourth-order valence-electron chi connectivity index (χ4n) is 3.94. The predicted octanol–water partition coefficient (Wildman–Crippen LogP) is 5.51. The summed E-state index contributed by atoms with van der Waals surface area (Å²) in [7, 11) is 0. The number of hydrogen-bond donors (Lipinski definition) is 0. The molecule has 4 aromatic heterocycles. The molecule has 0 aliphatic heterocycles. The van der Waals surface area contributed by atoms with Gasteiger partial charge in [0.05, 0.1) is 39.6 Å². The van der Waals surface area contributed by atoms with E-state index < -0.39 is 5.97 Å². The Morgan fingerprint density at radius 3 is 2.57 bits per heavy atom. The Morgan fingerprint density at radius 2 is 1.74 bits per heavy atom. The normalized spacial score (nSPS) is 11.2. The van der Waals surface area contributed by atoms with Gasteiger partial charge in [-0.05, 0) is 35.9 Å². The van der Waals surface area contributed by atoms with Crippen LogP contribution in [0.15, 0.2) is 91.4 Å². The van der Waals surface area contributed by atoms with Crippen molar-refractivity contribution < 1.29 is 9.53 Å². The summed E-state index contributed by atoms with van der Waals surface area (Å²) in [6.45, 7) is 0.616. The van der Waals surface area contributed by atoms with Gasteiger partial charge in [0.15, 0.2) is 5.65 Å². The van der Waals surface area contributed by atoms with Gasteiger partial charge in [0.1, 0.15) is 11.6 Å². The number of fused-ring (bicyclic) bond motifs is 2. The van der Waals surface area contributed by atoms with Gasteiger partial charge in [-0.25, -0.2) is 19.4 Å². The van der Waals surface area contributed by atoms with Crippen LogP contribution in [0.1, 0.15) is 20.9 Å². The summed E-state index contributed by atoms with van der Waals surface area (Å²) in [5.41, 5.74) is 4.58. The van der Waals surface area contributed by atoms with Gasteiger partial charge in [0, 0.05) is 18.0 Å². The third kappa shape index (κ3) is 4.27. The maximum absolute atomic E-state index is 13.3. The Kier molecular flexibility index (Phi) is 5.48. The molecule has 0 spiro atoms. The van der Waals surface area contributed by atoms with Crippen LogP contribution in [0.5, 0.6) is 0 Å². The van der Waals surface area contributed by atoms with Gasteiger partial charge in [-0.15, -0.1) is 11.3 Å². The molecule has 0 N–H and O–H groups in total. The number of ether oxygens (including phenoxy) is 1. The summed E-state index contributed by atoms with van der Waals surface area (Å²) >= 11 is 1.52. The highest BCUT2D eigenvalue weighted by molar-refractivity contribution is 7.18. The molecular formula is C27H19N5O2S. The largest absolute Gasteiger partial charge is 0.455 e. The van der Waals surface area contributed by atoms with Crippen molar-refractivity contribution in [2.75, 3.05) is 0 Å². The number of nitrogens with zero attached hydrogens (tertiary/aromatic N) is 5. The first kappa shape index (κ1) is 21.1. The Morgan fingerprint density at radius 1 is 0.943 bits per heavy atom. The molecule has 6 aromatic rings. The molecule has 0 saturated heterocycles. The molecule has 0 radical (unpaired) electrons. The van der Waals surface area contributed by atoms with Crippen molar-refractivity contribution in [3.8, 4) is 11.3 Å². The van der Waals surface area contributed by atoms with Gasteiger partial charge in [-0.3, -0.25) is 4.98 Å². The van der Waals surface area contributed by atoms with Crippen LogP contribution in [0, 0.1) is 0 Å². The van der Waals surface area contributed by atoms with Gasteiger partial charge in [0.2, 0.25) is 0 Å². The number of hydrogen-bond acceptors (Lipinski definition) is 7. The molecule has 0 atom stereocenters. The number of benzene rings is 2. The highest BCUT2D eigenvalue weighted by Crippen LogP contribution is 2.27. The molecule has 4 heterocycles. The van der Waals surface area contributed by atoms with E-state index in [2.05, 4.69) is 15.1 Å². The Hall–Kier alpha value is -4.43. The standard InChI is InChI=1S/C27H19N5O2S/c33-27(34-17-25-30-22-8-4-5-9-24(22)35-25)20-14-23(19-6-2-1-3-7-19)31-26-21(20)15-29-32(26)16-18-10-12-28-13-11-18/h1-15H,16-17H2. The van der Waals surface area contributed by atoms with Gasteiger partial charge < -0.3 is 4.74 Å². The summed E-state index contributed by atoms with van der Waals surface area (Å²) in [6.07, 6.45) is 5.16.